The van der Waals surface area contributed by atoms with Crippen molar-refractivity contribution in [3.8, 4) is 0 Å². The van der Waals surface area contributed by atoms with Crippen LogP contribution in [0.1, 0.15) is 50.6 Å². The monoisotopic (exact) mass is 535 g/mol. The summed E-state index contributed by atoms with van der Waals surface area (Å²) in [6.07, 6.45) is -2.21. The number of benzene rings is 1. The van der Waals surface area contributed by atoms with Crippen molar-refractivity contribution in [2.75, 3.05) is 11.5 Å². The molecule has 8 nitrogen and oxygen atoms in total. The Morgan fingerprint density at radius 1 is 1.03 bits per heavy atom. The summed E-state index contributed by atoms with van der Waals surface area (Å²) in [5.41, 5.74) is -0.423. The molecule has 13 heteroatoms. The van der Waals surface area contributed by atoms with Gasteiger partial charge in [-0.3, -0.25) is 19.7 Å². The molecule has 0 saturated heterocycles. The van der Waals surface area contributed by atoms with Crippen LogP contribution in [0.3, 0.4) is 0 Å². The molecule has 2 aliphatic rings. The van der Waals surface area contributed by atoms with E-state index in [0.717, 1.165) is 37.1 Å². The van der Waals surface area contributed by atoms with Gasteiger partial charge in [0.25, 0.3) is 5.91 Å². The minimum atomic E-state index is -4.96. The third-order valence-electron chi connectivity index (χ3n) is 6.00. The Hall–Kier alpha value is -2.54. The molecule has 1 aromatic rings. The Labute approximate surface area is 206 Å². The molecule has 3 rings (SSSR count). The van der Waals surface area contributed by atoms with Crippen molar-refractivity contribution in [3.05, 3.63) is 35.6 Å². The van der Waals surface area contributed by atoms with Crippen molar-refractivity contribution in [2.24, 2.45) is 5.92 Å². The van der Waals surface area contributed by atoms with E-state index in [4.69, 9.17) is 0 Å². The molecule has 2 amide bonds. The zero-order valence-corrected chi connectivity index (χ0v) is 20.4. The minimum absolute atomic E-state index is 0.0368. The summed E-state index contributed by atoms with van der Waals surface area (Å²) in [7, 11) is -3.94. The van der Waals surface area contributed by atoms with Crippen LogP contribution in [-0.2, 0) is 24.2 Å². The average molecular weight is 536 g/mol. The number of nitrogens with one attached hydrogen (secondary N) is 3. The van der Waals surface area contributed by atoms with Crippen LogP contribution in [0, 0.1) is 11.7 Å². The number of rotatable bonds is 13. The largest absolute Gasteiger partial charge is 0.407 e. The molecule has 2 fully saturated rings. The van der Waals surface area contributed by atoms with E-state index < -0.39 is 68.9 Å². The topological polar surface area (TPSA) is 121 Å². The minimum Gasteiger partial charge on any atom is -0.347 e. The van der Waals surface area contributed by atoms with E-state index in [9.17, 15) is 40.4 Å². The first-order valence-electron chi connectivity index (χ1n) is 11.7. The highest BCUT2D eigenvalue weighted by atomic mass is 32.2. The number of amides is 2. The number of ketones is 1. The van der Waals surface area contributed by atoms with Crippen LogP contribution in [0.15, 0.2) is 24.3 Å². The van der Waals surface area contributed by atoms with Gasteiger partial charge >= 0.3 is 6.18 Å². The molecule has 0 heterocycles. The summed E-state index contributed by atoms with van der Waals surface area (Å²) in [4.78, 5) is 37.7. The maximum Gasteiger partial charge on any atom is 0.407 e. The first kappa shape index (κ1) is 28.0. The summed E-state index contributed by atoms with van der Waals surface area (Å²) >= 11 is 0. The molecule has 200 valence electrons. The quantitative estimate of drug-likeness (QED) is 0.262. The third-order valence-corrected chi connectivity index (χ3v) is 7.82. The predicted octanol–water partition coefficient (Wildman–Crippen LogP) is 1.95. The Balaban J connectivity index is 1.82. The lowest BCUT2D eigenvalue weighted by molar-refractivity contribution is -0.160. The molecular formula is C23H29F4N3O5S. The maximum atomic E-state index is 13.9. The Morgan fingerprint density at radius 3 is 2.14 bits per heavy atom. The SMILES string of the molecule is CC[C@H](NC(=O)C(CS(=O)(=O)CC1CC1)N[C@@H](c1ccc(F)cc1)C(F)(F)F)C(=O)C(=O)NC1CC1. The molecule has 2 aliphatic carbocycles. The van der Waals surface area contributed by atoms with Gasteiger partial charge in [-0.1, -0.05) is 19.1 Å². The molecule has 0 aromatic heterocycles. The Bertz CT molecular complexity index is 1070. The molecule has 0 radical (unpaired) electrons. The summed E-state index contributed by atoms with van der Waals surface area (Å²) in [5, 5.41) is 6.80. The Morgan fingerprint density at radius 2 is 1.64 bits per heavy atom. The fourth-order valence-corrected chi connectivity index (χ4v) is 5.61. The van der Waals surface area contributed by atoms with E-state index >= 15 is 0 Å². The van der Waals surface area contributed by atoms with E-state index in [1.54, 1.807) is 0 Å². The lowest BCUT2D eigenvalue weighted by atomic mass is 10.0. The number of alkyl halides is 3. The van der Waals surface area contributed by atoms with Crippen molar-refractivity contribution < 1.29 is 40.4 Å². The second kappa shape index (κ2) is 11.2. The normalized spacial score (nSPS) is 18.7. The van der Waals surface area contributed by atoms with Crippen molar-refractivity contribution in [3.63, 3.8) is 0 Å². The van der Waals surface area contributed by atoms with Crippen molar-refractivity contribution in [2.45, 2.75) is 69.4 Å². The Kier molecular flexibility index (Phi) is 8.75. The van der Waals surface area contributed by atoms with Gasteiger partial charge in [0, 0.05) is 6.04 Å². The summed E-state index contributed by atoms with van der Waals surface area (Å²) in [6, 6.07) is -2.44. The maximum absolute atomic E-state index is 13.9. The smallest absolute Gasteiger partial charge is 0.347 e. The van der Waals surface area contributed by atoms with Crippen LogP contribution in [0.5, 0.6) is 0 Å². The predicted molar refractivity (Wildman–Crippen MR) is 122 cm³/mol. The molecule has 1 unspecified atom stereocenters. The lowest BCUT2D eigenvalue weighted by Gasteiger charge is -2.28. The van der Waals surface area contributed by atoms with Gasteiger partial charge in [-0.05, 0) is 55.7 Å². The van der Waals surface area contributed by atoms with Crippen LogP contribution in [0.25, 0.3) is 0 Å². The number of carbonyl (C=O) groups is 3. The highest BCUT2D eigenvalue weighted by Crippen LogP contribution is 2.34. The zero-order chi connectivity index (χ0) is 26.7. The molecule has 3 N–H and O–H groups in total. The summed E-state index contributed by atoms with van der Waals surface area (Å²) in [6.45, 7) is 1.50. The number of carbonyl (C=O) groups excluding carboxylic acids is 3. The summed E-state index contributed by atoms with van der Waals surface area (Å²) in [5.74, 6) is -5.14. The van der Waals surface area contributed by atoms with E-state index in [-0.39, 0.29) is 24.1 Å². The molecule has 0 aliphatic heterocycles. The lowest BCUT2D eigenvalue weighted by Crippen LogP contribution is -2.56. The number of sulfone groups is 1. The zero-order valence-electron chi connectivity index (χ0n) is 19.6. The average Bonchev–Trinajstić information content (AvgIpc) is 3.72. The van der Waals surface area contributed by atoms with E-state index in [1.165, 1.54) is 6.92 Å². The number of hydrogen-bond donors (Lipinski definition) is 3. The van der Waals surface area contributed by atoms with Gasteiger partial charge < -0.3 is 10.6 Å². The van der Waals surface area contributed by atoms with Crippen molar-refractivity contribution >= 4 is 27.4 Å². The van der Waals surface area contributed by atoms with Gasteiger partial charge in [0.2, 0.25) is 11.7 Å². The van der Waals surface area contributed by atoms with E-state index in [0.29, 0.717) is 12.8 Å². The van der Waals surface area contributed by atoms with Crippen LogP contribution < -0.4 is 16.0 Å². The second-order valence-electron chi connectivity index (χ2n) is 9.35. The van der Waals surface area contributed by atoms with Crippen LogP contribution in [-0.4, -0.2) is 61.8 Å². The number of hydrogen-bond acceptors (Lipinski definition) is 6. The highest BCUT2D eigenvalue weighted by Gasteiger charge is 2.44. The number of halogens is 4. The first-order chi connectivity index (χ1) is 16.8. The van der Waals surface area contributed by atoms with Gasteiger partial charge in [-0.25, -0.2) is 12.8 Å². The molecule has 2 saturated carbocycles. The highest BCUT2D eigenvalue weighted by molar-refractivity contribution is 7.91. The molecule has 36 heavy (non-hydrogen) atoms. The van der Waals surface area contributed by atoms with E-state index in [2.05, 4.69) is 16.0 Å². The van der Waals surface area contributed by atoms with Gasteiger partial charge in [-0.2, -0.15) is 13.2 Å². The molecule has 3 atom stereocenters. The van der Waals surface area contributed by atoms with Crippen molar-refractivity contribution in [1.29, 1.82) is 0 Å². The van der Waals surface area contributed by atoms with Gasteiger partial charge in [0.05, 0.1) is 17.5 Å². The van der Waals surface area contributed by atoms with Crippen molar-refractivity contribution in [1.82, 2.24) is 16.0 Å². The van der Waals surface area contributed by atoms with Crippen LogP contribution in [0.4, 0.5) is 17.6 Å². The second-order valence-corrected chi connectivity index (χ2v) is 11.5. The molecular weight excluding hydrogens is 506 g/mol. The fourth-order valence-electron chi connectivity index (χ4n) is 3.67. The fraction of sp³-hybridized carbons (Fsp3) is 0.609. The first-order valence-corrected chi connectivity index (χ1v) is 13.5. The van der Waals surface area contributed by atoms with Gasteiger partial charge in [-0.15, -0.1) is 0 Å². The molecule has 0 bridgehead atoms. The summed E-state index contributed by atoms with van der Waals surface area (Å²) < 4.78 is 80.4. The third kappa shape index (κ3) is 8.26. The van der Waals surface area contributed by atoms with Gasteiger partial charge in [0.15, 0.2) is 9.84 Å². The van der Waals surface area contributed by atoms with Crippen LogP contribution in [0.2, 0.25) is 0 Å². The van der Waals surface area contributed by atoms with Crippen LogP contribution >= 0.6 is 0 Å². The number of Topliss-reactive ketones (excluding diaryl/α,β-unsaturated/α-hetero) is 1. The molecule has 1 aromatic carbocycles. The van der Waals surface area contributed by atoms with E-state index in [1.807, 2.05) is 0 Å². The standard InChI is InChI=1S/C23H29F4N3O5S/c1-2-17(19(31)22(33)28-16-9-10-16)30-21(32)18(12-36(34,35)11-13-3-4-13)29-20(23(25,26)27)14-5-7-15(24)8-6-14/h5-8,13,16-18,20,29H,2-4,9-12H2,1H3,(H,28,33)(H,30,32)/t17-,18?,20-/m0/s1. The molecule has 0 spiro atoms. The van der Waals surface area contributed by atoms with Gasteiger partial charge in [0.1, 0.15) is 17.9 Å².